The molecule has 2 rings (SSSR count). The van der Waals surface area contributed by atoms with E-state index in [-0.39, 0.29) is 20.1 Å². The molecule has 0 aliphatic carbocycles. The number of benzene rings is 1. The molecule has 0 radical (unpaired) electrons. The van der Waals surface area contributed by atoms with Gasteiger partial charge in [-0.25, -0.2) is 0 Å². The van der Waals surface area contributed by atoms with E-state index in [9.17, 15) is 0 Å². The predicted octanol–water partition coefficient (Wildman–Crippen LogP) is 2.96. The molecule has 1 aromatic heterocycles. The molecule has 0 aliphatic rings. The Bertz CT molecular complexity index is 423. The van der Waals surface area contributed by atoms with Crippen LogP contribution in [0.15, 0.2) is 48.7 Å². The zero-order valence-electron chi connectivity index (χ0n) is 12.3. The molecule has 0 saturated carbocycles. The Kier molecular flexibility index (Phi) is 15.3. The number of hydrogen-bond acceptors (Lipinski definition) is 4. The normalized spacial score (nSPS) is 8.48. The van der Waals surface area contributed by atoms with Crippen LogP contribution in [0.3, 0.4) is 0 Å². The fourth-order valence-electron chi connectivity index (χ4n) is 1.29. The minimum Gasteiger partial charge on any atom is -0.539 e. The molecule has 1 heterocycles. The van der Waals surface area contributed by atoms with Gasteiger partial charge in [0.05, 0.1) is 0 Å². The first-order valence-electron chi connectivity index (χ1n) is 5.87. The van der Waals surface area contributed by atoms with Crippen molar-refractivity contribution < 1.29 is 24.8 Å². The van der Waals surface area contributed by atoms with E-state index in [2.05, 4.69) is 15.8 Å². The van der Waals surface area contributed by atoms with Crippen LogP contribution in [0.2, 0.25) is 0 Å². The van der Waals surface area contributed by atoms with E-state index in [4.69, 9.17) is 11.8 Å². The maximum atomic E-state index is 6.25. The third-order valence-corrected chi connectivity index (χ3v) is 1.97. The van der Waals surface area contributed by atoms with Gasteiger partial charge in [0.25, 0.3) is 0 Å². The summed E-state index contributed by atoms with van der Waals surface area (Å²) in [6.07, 6.45) is 1.79. The van der Waals surface area contributed by atoms with E-state index in [1.165, 1.54) is 0 Å². The molecule has 0 fully saturated rings. The van der Waals surface area contributed by atoms with Crippen molar-refractivity contribution in [3.8, 4) is 11.3 Å². The maximum absolute atomic E-state index is 6.25. The number of nitrogens with zero attached hydrogens (tertiary/aromatic N) is 3. The van der Waals surface area contributed by atoms with Gasteiger partial charge in [0.1, 0.15) is 0 Å². The number of hydrogen-bond donors (Lipinski definition) is 0. The van der Waals surface area contributed by atoms with Crippen molar-refractivity contribution in [3.05, 3.63) is 68.0 Å². The summed E-state index contributed by atoms with van der Waals surface area (Å²) in [4.78, 5) is 6.05. The quantitative estimate of drug-likeness (QED) is 0.661. The van der Waals surface area contributed by atoms with Gasteiger partial charge in [-0.2, -0.15) is 6.73 Å². The summed E-state index contributed by atoms with van der Waals surface area (Å²) in [6, 6.07) is 16.8. The van der Waals surface area contributed by atoms with Gasteiger partial charge in [-0.1, -0.05) is 12.1 Å². The van der Waals surface area contributed by atoms with Crippen LogP contribution in [-0.4, -0.2) is 31.1 Å². The smallest absolute Gasteiger partial charge is 0.539 e. The van der Waals surface area contributed by atoms with Gasteiger partial charge in [-0.3, -0.25) is 0 Å². The minimum absolute atomic E-state index is 0. The Hall–Kier alpha value is -1.57. The van der Waals surface area contributed by atoms with Crippen molar-refractivity contribution in [1.29, 1.82) is 5.26 Å². The zero-order chi connectivity index (χ0) is 15.2. The van der Waals surface area contributed by atoms with Crippen molar-refractivity contribution in [3.63, 3.8) is 0 Å². The average Bonchev–Trinajstić information content (AvgIpc) is 2.52. The Morgan fingerprint density at radius 2 is 1.86 bits per heavy atom. The van der Waals surface area contributed by atoms with Crippen molar-refractivity contribution in [2.24, 2.45) is 0 Å². The summed E-state index contributed by atoms with van der Waals surface area (Å²) in [5, 5.41) is 6.25. The summed E-state index contributed by atoms with van der Waals surface area (Å²) in [7, 11) is 5.44. The number of aromatic nitrogens is 1. The topological polar surface area (TPSA) is 49.1 Å². The Morgan fingerprint density at radius 3 is 2.24 bits per heavy atom. The number of pyridine rings is 1. The summed E-state index contributed by atoms with van der Waals surface area (Å²) < 4.78 is 4.60. The molecule has 0 aliphatic heterocycles. The summed E-state index contributed by atoms with van der Waals surface area (Å²) in [6.45, 7) is 6.38. The van der Waals surface area contributed by atoms with Gasteiger partial charge < -0.3 is 26.5 Å². The summed E-state index contributed by atoms with van der Waals surface area (Å²) in [5.74, 6) is 0. The second-order valence-electron chi connectivity index (χ2n) is 3.80. The van der Waals surface area contributed by atoms with Gasteiger partial charge >= 0.3 is 20.1 Å². The Balaban J connectivity index is 0. The second kappa shape index (κ2) is 14.8. The molecule has 0 spiro atoms. The van der Waals surface area contributed by atoms with E-state index < -0.39 is 0 Å². The molecular formula is C16H18IrN3O. The van der Waals surface area contributed by atoms with Gasteiger partial charge in [0.15, 0.2) is 0 Å². The molecule has 0 N–H and O–H groups in total. The molecule has 0 amide bonds. The largest absolute Gasteiger partial charge is 3.00 e. The first-order valence-corrected chi connectivity index (χ1v) is 5.87. The SMILES string of the molecule is CO[CH-]N(C)C.[C-]#N.[Ir+3].[c-]1ccccc1-c1ccccn1. The molecule has 112 valence electrons. The van der Waals surface area contributed by atoms with Crippen LogP contribution in [0.25, 0.3) is 11.3 Å². The summed E-state index contributed by atoms with van der Waals surface area (Å²) in [5.41, 5.74) is 2.01. The third kappa shape index (κ3) is 10.8. The molecule has 0 unspecified atom stereocenters. The predicted molar refractivity (Wildman–Crippen MR) is 78.5 cm³/mol. The molecule has 21 heavy (non-hydrogen) atoms. The van der Waals surface area contributed by atoms with E-state index in [0.717, 1.165) is 11.3 Å². The monoisotopic (exact) mass is 461 g/mol. The number of methoxy groups -OCH3 is 1. The fourth-order valence-corrected chi connectivity index (χ4v) is 1.29. The van der Waals surface area contributed by atoms with Gasteiger partial charge in [0, 0.05) is 13.3 Å². The van der Waals surface area contributed by atoms with Crippen LogP contribution in [-0.2, 0) is 24.8 Å². The number of rotatable bonds is 3. The van der Waals surface area contributed by atoms with Crippen LogP contribution in [0, 0.1) is 24.6 Å². The van der Waals surface area contributed by atoms with E-state index in [1.807, 2.05) is 61.5 Å². The third-order valence-electron chi connectivity index (χ3n) is 1.97. The van der Waals surface area contributed by atoms with E-state index >= 15 is 0 Å². The molecule has 0 atom stereocenters. The van der Waals surface area contributed by atoms with Crippen molar-refractivity contribution >= 4 is 0 Å². The van der Waals surface area contributed by atoms with Gasteiger partial charge in [-0.05, 0) is 25.9 Å². The molecule has 0 bridgehead atoms. The molecule has 0 saturated heterocycles. The Labute approximate surface area is 140 Å². The first kappa shape index (κ1) is 21.7. The standard InChI is InChI=1S/C11H8N.C4H10NO.CN.Ir/c1-2-6-10(7-3-1)11-8-4-5-9-12-11;1-5(2)4-6-3;1-2;/h1-6,8-9H;4H,1-3H3;;/q3*-1;+3. The number of ether oxygens (including phenoxy) is 1. The minimum atomic E-state index is 0. The fraction of sp³-hybridized carbons (Fsp3) is 0.188. The Morgan fingerprint density at radius 1 is 1.19 bits per heavy atom. The second-order valence-corrected chi connectivity index (χ2v) is 3.80. The zero-order valence-corrected chi connectivity index (χ0v) is 14.7. The summed E-state index contributed by atoms with van der Waals surface area (Å²) >= 11 is 0. The van der Waals surface area contributed by atoms with Gasteiger partial charge in [-0.15, -0.1) is 35.9 Å². The van der Waals surface area contributed by atoms with Crippen LogP contribution >= 0.6 is 0 Å². The first-order chi connectivity index (χ1) is 9.74. The maximum Gasteiger partial charge on any atom is 3.00 e. The average molecular weight is 461 g/mol. The van der Waals surface area contributed by atoms with E-state index in [1.54, 1.807) is 20.0 Å². The van der Waals surface area contributed by atoms with Crippen molar-refractivity contribution in [2.75, 3.05) is 21.2 Å². The molecular weight excluding hydrogens is 442 g/mol. The van der Waals surface area contributed by atoms with Crippen LogP contribution in [0.5, 0.6) is 0 Å². The van der Waals surface area contributed by atoms with Crippen LogP contribution < -0.4 is 0 Å². The van der Waals surface area contributed by atoms with Crippen molar-refractivity contribution in [2.45, 2.75) is 0 Å². The van der Waals surface area contributed by atoms with Crippen LogP contribution in [0.4, 0.5) is 0 Å². The van der Waals surface area contributed by atoms with Crippen LogP contribution in [0.1, 0.15) is 0 Å². The molecule has 5 heteroatoms. The van der Waals surface area contributed by atoms with Crippen molar-refractivity contribution in [1.82, 2.24) is 9.88 Å². The molecule has 1 aromatic carbocycles. The van der Waals surface area contributed by atoms with E-state index in [0.29, 0.717) is 0 Å². The molecule has 4 nitrogen and oxygen atoms in total. The molecule has 2 aromatic rings. The van der Waals surface area contributed by atoms with Gasteiger partial charge in [0.2, 0.25) is 0 Å².